The SMILES string of the molecule is Cn1ccnc1[C@H](NC(=O)C1C[C@H]2CCC[C@@H](C1)C21SCCS1)c1ccccc1. The summed E-state index contributed by atoms with van der Waals surface area (Å²) in [4.78, 5) is 18.0. The highest BCUT2D eigenvalue weighted by atomic mass is 32.2. The molecule has 1 aromatic heterocycles. The van der Waals surface area contributed by atoms with Gasteiger partial charge >= 0.3 is 0 Å². The molecule has 0 radical (unpaired) electrons. The van der Waals surface area contributed by atoms with Gasteiger partial charge in [-0.25, -0.2) is 4.98 Å². The van der Waals surface area contributed by atoms with E-state index in [2.05, 4.69) is 46.0 Å². The first-order chi connectivity index (χ1) is 14.2. The third kappa shape index (κ3) is 3.52. The fraction of sp³-hybridized carbons (Fsp3) is 0.565. The van der Waals surface area contributed by atoms with Crippen LogP contribution in [-0.4, -0.2) is 31.0 Å². The molecule has 2 aromatic rings. The molecule has 4 nitrogen and oxygen atoms in total. The van der Waals surface area contributed by atoms with Gasteiger partial charge in [0.15, 0.2) is 0 Å². The molecule has 1 spiro atoms. The molecule has 3 fully saturated rings. The molecule has 29 heavy (non-hydrogen) atoms. The molecule has 5 rings (SSSR count). The molecule has 3 aliphatic rings. The first-order valence-corrected chi connectivity index (χ1v) is 12.7. The zero-order valence-electron chi connectivity index (χ0n) is 16.9. The predicted octanol–water partition coefficient (Wildman–Crippen LogP) is 4.63. The summed E-state index contributed by atoms with van der Waals surface area (Å²) in [6.45, 7) is 0. The second-order valence-corrected chi connectivity index (χ2v) is 11.7. The van der Waals surface area contributed by atoms with Crippen molar-refractivity contribution in [2.45, 2.75) is 42.2 Å². The second-order valence-electron chi connectivity index (χ2n) is 8.66. The Morgan fingerprint density at radius 1 is 1.17 bits per heavy atom. The summed E-state index contributed by atoms with van der Waals surface area (Å²) in [6, 6.07) is 10.0. The number of aromatic nitrogens is 2. The van der Waals surface area contributed by atoms with Crippen LogP contribution >= 0.6 is 23.5 Å². The van der Waals surface area contributed by atoms with Crippen molar-refractivity contribution in [1.82, 2.24) is 14.9 Å². The van der Waals surface area contributed by atoms with Crippen LogP contribution in [0.15, 0.2) is 42.7 Å². The van der Waals surface area contributed by atoms with Crippen LogP contribution in [0, 0.1) is 17.8 Å². The summed E-state index contributed by atoms with van der Waals surface area (Å²) in [6.07, 6.45) is 9.77. The highest BCUT2D eigenvalue weighted by Gasteiger charge is 2.55. The van der Waals surface area contributed by atoms with Gasteiger partial charge in [0, 0.05) is 36.9 Å². The van der Waals surface area contributed by atoms with Crippen LogP contribution in [0.4, 0.5) is 0 Å². The highest BCUT2D eigenvalue weighted by molar-refractivity contribution is 8.21. The Balaban J connectivity index is 1.37. The monoisotopic (exact) mass is 427 g/mol. The molecule has 1 aliphatic heterocycles. The van der Waals surface area contributed by atoms with Crippen molar-refractivity contribution >= 4 is 29.4 Å². The molecule has 2 saturated carbocycles. The lowest BCUT2D eigenvalue weighted by atomic mass is 9.67. The lowest BCUT2D eigenvalue weighted by Gasteiger charge is -2.52. The van der Waals surface area contributed by atoms with Gasteiger partial charge in [-0.15, -0.1) is 23.5 Å². The van der Waals surface area contributed by atoms with Crippen molar-refractivity contribution in [3.8, 4) is 0 Å². The minimum atomic E-state index is -0.199. The van der Waals surface area contributed by atoms with Crippen LogP contribution in [0.1, 0.15) is 49.5 Å². The lowest BCUT2D eigenvalue weighted by Crippen LogP contribution is -2.50. The van der Waals surface area contributed by atoms with E-state index in [0.29, 0.717) is 15.9 Å². The van der Waals surface area contributed by atoms with E-state index in [-0.39, 0.29) is 17.9 Å². The number of rotatable bonds is 4. The van der Waals surface area contributed by atoms with E-state index >= 15 is 0 Å². The van der Waals surface area contributed by atoms with Gasteiger partial charge in [-0.1, -0.05) is 36.8 Å². The van der Waals surface area contributed by atoms with Crippen molar-refractivity contribution in [3.05, 3.63) is 54.1 Å². The van der Waals surface area contributed by atoms with E-state index in [1.807, 2.05) is 36.0 Å². The molecule has 6 heteroatoms. The maximum atomic E-state index is 13.5. The molecular formula is C23H29N3OS2. The van der Waals surface area contributed by atoms with E-state index in [1.165, 1.54) is 30.8 Å². The maximum absolute atomic E-state index is 13.5. The van der Waals surface area contributed by atoms with Gasteiger partial charge in [-0.05, 0) is 43.1 Å². The van der Waals surface area contributed by atoms with Crippen LogP contribution in [0.25, 0.3) is 0 Å². The van der Waals surface area contributed by atoms with Crippen molar-refractivity contribution < 1.29 is 4.79 Å². The number of aryl methyl sites for hydroxylation is 1. The predicted molar refractivity (Wildman–Crippen MR) is 121 cm³/mol. The Hall–Kier alpha value is -1.40. The van der Waals surface area contributed by atoms with Crippen molar-refractivity contribution in [1.29, 1.82) is 0 Å². The van der Waals surface area contributed by atoms with Crippen molar-refractivity contribution in [2.75, 3.05) is 11.5 Å². The number of nitrogens with zero attached hydrogens (tertiary/aromatic N) is 2. The Kier molecular flexibility index (Phi) is 5.41. The summed E-state index contributed by atoms with van der Waals surface area (Å²) in [5.41, 5.74) is 1.09. The standard InChI is InChI=1S/C23H29N3OS2/c1-26-11-10-24-21(26)20(16-6-3-2-4-7-16)25-22(27)17-14-18-8-5-9-19(15-17)23(18)28-12-13-29-23/h2-4,6-7,10-11,17-20H,5,8-9,12-15H2,1H3,(H,25,27)/t17?,18-,19+,20-/m1/s1. The fourth-order valence-electron chi connectivity index (χ4n) is 5.68. The number of benzene rings is 1. The van der Waals surface area contributed by atoms with Crippen LogP contribution in [0.5, 0.6) is 0 Å². The van der Waals surface area contributed by atoms with Gasteiger partial charge < -0.3 is 9.88 Å². The molecule has 1 unspecified atom stereocenters. The lowest BCUT2D eigenvalue weighted by molar-refractivity contribution is -0.128. The van der Waals surface area contributed by atoms with Crippen molar-refractivity contribution in [3.63, 3.8) is 0 Å². The average molecular weight is 428 g/mol. The molecule has 2 bridgehead atoms. The third-order valence-corrected chi connectivity index (χ3v) is 11.0. The van der Waals surface area contributed by atoms with Gasteiger partial charge in [-0.2, -0.15) is 0 Å². The quantitative estimate of drug-likeness (QED) is 0.773. The molecular weight excluding hydrogens is 398 g/mol. The Morgan fingerprint density at radius 3 is 2.48 bits per heavy atom. The number of thioether (sulfide) groups is 2. The first kappa shape index (κ1) is 19.6. The smallest absolute Gasteiger partial charge is 0.223 e. The molecule has 2 aliphatic carbocycles. The summed E-state index contributed by atoms with van der Waals surface area (Å²) in [7, 11) is 1.99. The number of carbonyl (C=O) groups is 1. The van der Waals surface area contributed by atoms with E-state index in [0.717, 1.165) is 24.2 Å². The molecule has 154 valence electrons. The number of nitrogens with one attached hydrogen (secondary N) is 1. The number of imidazole rings is 1. The maximum Gasteiger partial charge on any atom is 0.223 e. The number of amides is 1. The largest absolute Gasteiger partial charge is 0.342 e. The number of hydrogen-bond donors (Lipinski definition) is 1. The van der Waals surface area contributed by atoms with E-state index < -0.39 is 0 Å². The van der Waals surface area contributed by atoms with Gasteiger partial charge in [0.05, 0.1) is 4.08 Å². The normalized spacial score (nSPS) is 28.9. The zero-order chi connectivity index (χ0) is 19.8. The van der Waals surface area contributed by atoms with Crippen molar-refractivity contribution in [2.24, 2.45) is 24.8 Å². The fourth-order valence-corrected chi connectivity index (χ4v) is 9.62. The van der Waals surface area contributed by atoms with Gasteiger partial charge in [0.1, 0.15) is 11.9 Å². The van der Waals surface area contributed by atoms with E-state index in [4.69, 9.17) is 0 Å². The first-order valence-electron chi connectivity index (χ1n) is 10.8. The Labute approximate surface area is 181 Å². The highest BCUT2D eigenvalue weighted by Crippen LogP contribution is 2.64. The van der Waals surface area contributed by atoms with E-state index in [1.54, 1.807) is 6.20 Å². The minimum absolute atomic E-state index is 0.129. The molecule has 1 amide bonds. The van der Waals surface area contributed by atoms with Crippen LogP contribution in [-0.2, 0) is 11.8 Å². The van der Waals surface area contributed by atoms with Crippen LogP contribution in [0.2, 0.25) is 0 Å². The molecule has 4 atom stereocenters. The molecule has 1 N–H and O–H groups in total. The second kappa shape index (κ2) is 8.03. The Morgan fingerprint density at radius 2 is 1.86 bits per heavy atom. The molecule has 1 aromatic carbocycles. The summed E-state index contributed by atoms with van der Waals surface area (Å²) in [5, 5.41) is 3.38. The van der Waals surface area contributed by atoms with Crippen LogP contribution < -0.4 is 5.32 Å². The van der Waals surface area contributed by atoms with Gasteiger partial charge in [-0.3, -0.25) is 4.79 Å². The van der Waals surface area contributed by atoms with Crippen LogP contribution in [0.3, 0.4) is 0 Å². The summed E-state index contributed by atoms with van der Waals surface area (Å²) < 4.78 is 2.42. The average Bonchev–Trinajstić information content (AvgIpc) is 3.36. The van der Waals surface area contributed by atoms with Gasteiger partial charge in [0.2, 0.25) is 5.91 Å². The third-order valence-electron chi connectivity index (χ3n) is 7.03. The molecule has 2 heterocycles. The van der Waals surface area contributed by atoms with Gasteiger partial charge in [0.25, 0.3) is 0 Å². The number of carbonyl (C=O) groups excluding carboxylic acids is 1. The summed E-state index contributed by atoms with van der Waals surface area (Å²) >= 11 is 4.40. The zero-order valence-corrected chi connectivity index (χ0v) is 18.6. The number of hydrogen-bond acceptors (Lipinski definition) is 4. The molecule has 1 saturated heterocycles. The topological polar surface area (TPSA) is 46.9 Å². The summed E-state index contributed by atoms with van der Waals surface area (Å²) in [5.74, 6) is 5.16. The minimum Gasteiger partial charge on any atom is -0.342 e. The Bertz CT molecular complexity index is 846. The van der Waals surface area contributed by atoms with E-state index in [9.17, 15) is 4.79 Å².